The second kappa shape index (κ2) is 7.18. The summed E-state index contributed by atoms with van der Waals surface area (Å²) >= 11 is 0. The summed E-state index contributed by atoms with van der Waals surface area (Å²) in [5, 5.41) is 0. The molecule has 0 aromatic rings. The summed E-state index contributed by atoms with van der Waals surface area (Å²) in [7, 11) is 0. The number of nitrogens with zero attached hydrogens (tertiary/aromatic N) is 1. The standard InChI is InChI=1S/C11H23FN2/c12-7-10-14(9-4-8-13)11-5-2-1-3-6-11/h11H,1-10,13H2. The molecular weight excluding hydrogens is 179 g/mol. The summed E-state index contributed by atoms with van der Waals surface area (Å²) < 4.78 is 12.4. The van der Waals surface area contributed by atoms with Crippen LogP contribution in [0.25, 0.3) is 0 Å². The Labute approximate surface area is 86.6 Å². The highest BCUT2D eigenvalue weighted by Crippen LogP contribution is 2.22. The molecule has 1 aliphatic carbocycles. The normalized spacial score (nSPS) is 19.1. The number of hydrogen-bond acceptors (Lipinski definition) is 2. The van der Waals surface area contributed by atoms with E-state index in [2.05, 4.69) is 4.90 Å². The molecule has 0 saturated heterocycles. The van der Waals surface area contributed by atoms with Crippen molar-refractivity contribution in [3.63, 3.8) is 0 Å². The summed E-state index contributed by atoms with van der Waals surface area (Å²) in [6.07, 6.45) is 7.49. The van der Waals surface area contributed by atoms with Gasteiger partial charge in [0.1, 0.15) is 6.67 Å². The van der Waals surface area contributed by atoms with E-state index in [4.69, 9.17) is 5.73 Å². The van der Waals surface area contributed by atoms with E-state index in [0.717, 1.165) is 19.5 Å². The van der Waals surface area contributed by atoms with Crippen LogP contribution in [0.15, 0.2) is 0 Å². The minimum absolute atomic E-state index is 0.221. The van der Waals surface area contributed by atoms with Gasteiger partial charge in [-0.3, -0.25) is 4.90 Å². The Kier molecular flexibility index (Phi) is 6.12. The van der Waals surface area contributed by atoms with Crippen molar-refractivity contribution in [3.05, 3.63) is 0 Å². The van der Waals surface area contributed by atoms with E-state index >= 15 is 0 Å². The van der Waals surface area contributed by atoms with Gasteiger partial charge in [-0.15, -0.1) is 0 Å². The average molecular weight is 202 g/mol. The van der Waals surface area contributed by atoms with E-state index < -0.39 is 0 Å². The van der Waals surface area contributed by atoms with Crippen molar-refractivity contribution in [3.8, 4) is 0 Å². The Morgan fingerprint density at radius 2 is 1.86 bits per heavy atom. The molecule has 0 bridgehead atoms. The van der Waals surface area contributed by atoms with Crippen LogP contribution in [0.5, 0.6) is 0 Å². The van der Waals surface area contributed by atoms with Gasteiger partial charge in [-0.25, -0.2) is 4.39 Å². The summed E-state index contributed by atoms with van der Waals surface area (Å²) in [5.74, 6) is 0. The van der Waals surface area contributed by atoms with Crippen LogP contribution in [0, 0.1) is 0 Å². The quantitative estimate of drug-likeness (QED) is 0.713. The molecule has 1 rings (SSSR count). The predicted molar refractivity (Wildman–Crippen MR) is 58.1 cm³/mol. The Hall–Kier alpha value is -0.150. The number of nitrogens with two attached hydrogens (primary N) is 1. The summed E-state index contributed by atoms with van der Waals surface area (Å²) in [5.41, 5.74) is 5.48. The first kappa shape index (κ1) is 11.9. The highest BCUT2D eigenvalue weighted by Gasteiger charge is 2.19. The number of alkyl halides is 1. The van der Waals surface area contributed by atoms with E-state index in [1.807, 2.05) is 0 Å². The van der Waals surface area contributed by atoms with Crippen molar-refractivity contribution in [1.29, 1.82) is 0 Å². The molecule has 0 radical (unpaired) electrons. The lowest BCUT2D eigenvalue weighted by atomic mass is 9.94. The van der Waals surface area contributed by atoms with Crippen LogP contribution in [-0.4, -0.2) is 37.3 Å². The molecule has 1 fully saturated rings. The average Bonchev–Trinajstić information content (AvgIpc) is 2.25. The Morgan fingerprint density at radius 1 is 1.14 bits per heavy atom. The molecule has 0 aliphatic heterocycles. The molecule has 14 heavy (non-hydrogen) atoms. The van der Waals surface area contributed by atoms with Crippen molar-refractivity contribution in [1.82, 2.24) is 4.90 Å². The molecule has 1 saturated carbocycles. The molecule has 0 spiro atoms. The Morgan fingerprint density at radius 3 is 2.43 bits per heavy atom. The monoisotopic (exact) mass is 202 g/mol. The third kappa shape index (κ3) is 3.93. The molecule has 0 aromatic heterocycles. The number of halogens is 1. The van der Waals surface area contributed by atoms with Crippen LogP contribution in [-0.2, 0) is 0 Å². The summed E-state index contributed by atoms with van der Waals surface area (Å²) in [6.45, 7) is 2.08. The molecule has 0 amide bonds. The third-order valence-electron chi connectivity index (χ3n) is 3.11. The van der Waals surface area contributed by atoms with Gasteiger partial charge in [0.15, 0.2) is 0 Å². The Bertz CT molecular complexity index is 135. The lowest BCUT2D eigenvalue weighted by Gasteiger charge is -2.33. The maximum absolute atomic E-state index is 12.4. The lowest BCUT2D eigenvalue weighted by molar-refractivity contribution is 0.144. The summed E-state index contributed by atoms with van der Waals surface area (Å²) in [6, 6.07) is 0.631. The first-order valence-corrected chi connectivity index (χ1v) is 5.88. The van der Waals surface area contributed by atoms with Crippen molar-refractivity contribution < 1.29 is 4.39 Å². The smallest absolute Gasteiger partial charge is 0.102 e. The first-order chi connectivity index (χ1) is 6.88. The van der Waals surface area contributed by atoms with Gasteiger partial charge in [-0.1, -0.05) is 19.3 Å². The van der Waals surface area contributed by atoms with Crippen LogP contribution < -0.4 is 5.73 Å². The van der Waals surface area contributed by atoms with E-state index in [9.17, 15) is 4.39 Å². The van der Waals surface area contributed by atoms with Gasteiger partial charge in [-0.2, -0.15) is 0 Å². The van der Waals surface area contributed by atoms with Gasteiger partial charge in [0, 0.05) is 12.6 Å². The minimum Gasteiger partial charge on any atom is -0.330 e. The summed E-state index contributed by atoms with van der Waals surface area (Å²) in [4.78, 5) is 2.30. The molecule has 3 heteroatoms. The zero-order valence-electron chi connectivity index (χ0n) is 9.05. The second-order valence-corrected chi connectivity index (χ2v) is 4.16. The maximum Gasteiger partial charge on any atom is 0.102 e. The van der Waals surface area contributed by atoms with Gasteiger partial charge in [0.05, 0.1) is 0 Å². The molecule has 2 N–H and O–H groups in total. The zero-order chi connectivity index (χ0) is 10.2. The lowest BCUT2D eigenvalue weighted by Crippen LogP contribution is -2.39. The number of hydrogen-bond donors (Lipinski definition) is 1. The molecule has 0 unspecified atom stereocenters. The van der Waals surface area contributed by atoms with Crippen LogP contribution in [0.2, 0.25) is 0 Å². The van der Waals surface area contributed by atoms with E-state index in [0.29, 0.717) is 12.6 Å². The van der Waals surface area contributed by atoms with E-state index in [1.54, 1.807) is 0 Å². The van der Waals surface area contributed by atoms with Crippen LogP contribution >= 0.6 is 0 Å². The molecule has 2 nitrogen and oxygen atoms in total. The topological polar surface area (TPSA) is 29.3 Å². The fraction of sp³-hybridized carbons (Fsp3) is 1.00. The fourth-order valence-electron chi connectivity index (χ4n) is 2.33. The van der Waals surface area contributed by atoms with E-state index in [1.165, 1.54) is 32.1 Å². The molecular formula is C11H23FN2. The Balaban J connectivity index is 2.30. The van der Waals surface area contributed by atoms with Crippen molar-refractivity contribution in [2.24, 2.45) is 5.73 Å². The SMILES string of the molecule is NCCCN(CCF)C1CCCCC1. The van der Waals surface area contributed by atoms with Gasteiger partial charge in [-0.05, 0) is 32.4 Å². The largest absolute Gasteiger partial charge is 0.330 e. The molecule has 1 aliphatic rings. The van der Waals surface area contributed by atoms with Crippen LogP contribution in [0.4, 0.5) is 4.39 Å². The molecule has 84 valence electrons. The second-order valence-electron chi connectivity index (χ2n) is 4.16. The van der Waals surface area contributed by atoms with Gasteiger partial charge in [0.2, 0.25) is 0 Å². The molecule has 0 heterocycles. The first-order valence-electron chi connectivity index (χ1n) is 5.88. The van der Waals surface area contributed by atoms with Crippen LogP contribution in [0.3, 0.4) is 0 Å². The fourth-order valence-corrected chi connectivity index (χ4v) is 2.33. The van der Waals surface area contributed by atoms with Gasteiger partial charge in [0.25, 0.3) is 0 Å². The van der Waals surface area contributed by atoms with Crippen molar-refractivity contribution in [2.75, 3.05) is 26.3 Å². The highest BCUT2D eigenvalue weighted by molar-refractivity contribution is 4.75. The highest BCUT2D eigenvalue weighted by atomic mass is 19.1. The zero-order valence-corrected chi connectivity index (χ0v) is 9.05. The number of rotatable bonds is 6. The van der Waals surface area contributed by atoms with E-state index in [-0.39, 0.29) is 6.67 Å². The van der Waals surface area contributed by atoms with Crippen molar-refractivity contribution >= 4 is 0 Å². The van der Waals surface area contributed by atoms with Gasteiger partial charge >= 0.3 is 0 Å². The molecule has 0 atom stereocenters. The van der Waals surface area contributed by atoms with Crippen molar-refractivity contribution in [2.45, 2.75) is 44.6 Å². The van der Waals surface area contributed by atoms with Gasteiger partial charge < -0.3 is 5.73 Å². The predicted octanol–water partition coefficient (Wildman–Crippen LogP) is 1.94. The molecule has 0 aromatic carbocycles. The maximum atomic E-state index is 12.4. The van der Waals surface area contributed by atoms with Crippen LogP contribution in [0.1, 0.15) is 38.5 Å². The minimum atomic E-state index is -0.221. The third-order valence-corrected chi connectivity index (χ3v) is 3.11.